The van der Waals surface area contributed by atoms with Crippen molar-refractivity contribution in [2.45, 2.75) is 32.8 Å². The quantitative estimate of drug-likeness (QED) is 0.924. The molecule has 0 aliphatic heterocycles. The predicted molar refractivity (Wildman–Crippen MR) is 73.2 cm³/mol. The first kappa shape index (κ1) is 14.2. The summed E-state index contributed by atoms with van der Waals surface area (Å²) in [5.41, 5.74) is 1.46. The zero-order chi connectivity index (χ0) is 13.1. The summed E-state index contributed by atoms with van der Waals surface area (Å²) >= 11 is 3.42. The van der Waals surface area contributed by atoms with E-state index in [1.165, 1.54) is 0 Å². The number of nitrogens with one attached hydrogen (secondary N) is 1. The Morgan fingerprint density at radius 1 is 1.47 bits per heavy atom. The first-order valence-electron chi connectivity index (χ1n) is 5.45. The molecule has 1 rings (SSSR count). The zero-order valence-corrected chi connectivity index (χ0v) is 12.2. The molecule has 4 heteroatoms. The van der Waals surface area contributed by atoms with E-state index in [1.807, 2.05) is 39.0 Å². The number of aryl methyl sites for hydroxylation is 1. The van der Waals surface area contributed by atoms with Crippen molar-refractivity contribution in [1.82, 2.24) is 0 Å². The molecule has 0 bridgehead atoms. The molecule has 0 spiro atoms. The van der Waals surface area contributed by atoms with Crippen LogP contribution in [0.2, 0.25) is 0 Å². The number of rotatable bonds is 4. The van der Waals surface area contributed by atoms with Crippen LogP contribution in [0, 0.1) is 6.92 Å². The maximum atomic E-state index is 11.8. The first-order valence-corrected chi connectivity index (χ1v) is 6.24. The molecule has 94 valence electrons. The van der Waals surface area contributed by atoms with E-state index in [9.17, 15) is 4.79 Å². The minimum Gasteiger partial charge on any atom is -0.378 e. The molecule has 0 radical (unpaired) electrons. The highest BCUT2D eigenvalue weighted by Crippen LogP contribution is 2.21. The van der Waals surface area contributed by atoms with Gasteiger partial charge in [-0.2, -0.15) is 0 Å². The Kier molecular flexibility index (Phi) is 4.71. The normalized spacial score (nSPS) is 11.4. The third kappa shape index (κ3) is 4.48. The summed E-state index contributed by atoms with van der Waals surface area (Å²) in [6.07, 6.45) is 0.332. The Morgan fingerprint density at radius 3 is 2.65 bits per heavy atom. The van der Waals surface area contributed by atoms with E-state index < -0.39 is 5.60 Å². The lowest BCUT2D eigenvalue weighted by Crippen LogP contribution is -2.29. The second-order valence-corrected chi connectivity index (χ2v) is 5.51. The molecule has 0 aromatic heterocycles. The van der Waals surface area contributed by atoms with E-state index in [0.29, 0.717) is 6.42 Å². The fourth-order valence-electron chi connectivity index (χ4n) is 1.39. The molecule has 1 aromatic rings. The van der Waals surface area contributed by atoms with Crippen molar-refractivity contribution in [3.05, 3.63) is 28.2 Å². The second-order valence-electron chi connectivity index (χ2n) is 4.65. The number of carbonyl (C=O) groups is 1. The van der Waals surface area contributed by atoms with Crippen LogP contribution in [-0.2, 0) is 9.53 Å². The van der Waals surface area contributed by atoms with Gasteiger partial charge in [0.2, 0.25) is 5.91 Å². The average molecular weight is 300 g/mol. The molecule has 0 saturated carbocycles. The number of carbonyl (C=O) groups excluding carboxylic acids is 1. The molecule has 0 aliphatic rings. The summed E-state index contributed by atoms with van der Waals surface area (Å²) in [6, 6.07) is 5.73. The van der Waals surface area contributed by atoms with Crippen molar-refractivity contribution < 1.29 is 9.53 Å². The molecule has 0 heterocycles. The van der Waals surface area contributed by atoms with Crippen LogP contribution in [0.25, 0.3) is 0 Å². The maximum Gasteiger partial charge on any atom is 0.227 e. The Morgan fingerprint density at radius 2 is 2.12 bits per heavy atom. The number of amides is 1. The van der Waals surface area contributed by atoms with Gasteiger partial charge in [-0.1, -0.05) is 15.9 Å². The summed E-state index contributed by atoms with van der Waals surface area (Å²) in [4.78, 5) is 11.8. The molecule has 0 unspecified atom stereocenters. The highest BCUT2D eigenvalue weighted by molar-refractivity contribution is 9.10. The van der Waals surface area contributed by atoms with E-state index >= 15 is 0 Å². The summed E-state index contributed by atoms with van der Waals surface area (Å²) < 4.78 is 6.26. The molecule has 1 N–H and O–H groups in total. The highest BCUT2D eigenvalue weighted by atomic mass is 79.9. The largest absolute Gasteiger partial charge is 0.378 e. The first-order chi connectivity index (χ1) is 7.84. The number of methoxy groups -OCH3 is 1. The van der Waals surface area contributed by atoms with Gasteiger partial charge in [-0.15, -0.1) is 0 Å². The highest BCUT2D eigenvalue weighted by Gasteiger charge is 2.21. The monoisotopic (exact) mass is 299 g/mol. The number of hydrogen-bond donors (Lipinski definition) is 1. The lowest BCUT2D eigenvalue weighted by molar-refractivity contribution is -0.121. The Bertz CT molecular complexity index is 416. The van der Waals surface area contributed by atoms with Gasteiger partial charge >= 0.3 is 0 Å². The van der Waals surface area contributed by atoms with E-state index in [4.69, 9.17) is 4.74 Å². The number of benzene rings is 1. The van der Waals surface area contributed by atoms with Crippen LogP contribution in [0.15, 0.2) is 22.7 Å². The third-order valence-corrected chi connectivity index (χ3v) is 3.47. The summed E-state index contributed by atoms with van der Waals surface area (Å²) in [7, 11) is 1.61. The number of ether oxygens (including phenoxy) is 1. The number of halogens is 1. The van der Waals surface area contributed by atoms with Crippen molar-refractivity contribution >= 4 is 27.5 Å². The molecule has 0 saturated heterocycles. The van der Waals surface area contributed by atoms with Crippen LogP contribution in [0.5, 0.6) is 0 Å². The predicted octanol–water partition coefficient (Wildman–Crippen LogP) is 3.51. The van der Waals surface area contributed by atoms with Gasteiger partial charge in [-0.05, 0) is 44.5 Å². The Balaban J connectivity index is 2.65. The number of hydrogen-bond acceptors (Lipinski definition) is 2. The molecular weight excluding hydrogens is 282 g/mol. The van der Waals surface area contributed by atoms with Gasteiger partial charge < -0.3 is 10.1 Å². The molecule has 17 heavy (non-hydrogen) atoms. The summed E-state index contributed by atoms with van der Waals surface area (Å²) in [5, 5.41) is 2.86. The van der Waals surface area contributed by atoms with Crippen LogP contribution in [0.1, 0.15) is 25.8 Å². The van der Waals surface area contributed by atoms with Crippen molar-refractivity contribution in [1.29, 1.82) is 0 Å². The van der Waals surface area contributed by atoms with Crippen LogP contribution < -0.4 is 5.32 Å². The van der Waals surface area contributed by atoms with Crippen LogP contribution in [0.4, 0.5) is 5.69 Å². The SMILES string of the molecule is COC(C)(C)CC(=O)Nc1ccc(Br)c(C)c1. The van der Waals surface area contributed by atoms with E-state index in [1.54, 1.807) is 7.11 Å². The maximum absolute atomic E-state index is 11.8. The Labute approximate surface area is 111 Å². The second kappa shape index (κ2) is 5.65. The van der Waals surface area contributed by atoms with Gasteiger partial charge in [0.15, 0.2) is 0 Å². The molecule has 0 fully saturated rings. The van der Waals surface area contributed by atoms with Crippen LogP contribution in [-0.4, -0.2) is 18.6 Å². The fraction of sp³-hybridized carbons (Fsp3) is 0.462. The van der Waals surface area contributed by atoms with E-state index in [2.05, 4.69) is 21.2 Å². The third-order valence-electron chi connectivity index (χ3n) is 2.58. The zero-order valence-electron chi connectivity index (χ0n) is 10.6. The van der Waals surface area contributed by atoms with Gasteiger partial charge in [0.1, 0.15) is 0 Å². The summed E-state index contributed by atoms with van der Waals surface area (Å²) in [5.74, 6) is -0.0430. The fourth-order valence-corrected chi connectivity index (χ4v) is 1.63. The molecular formula is C13H18BrNO2. The van der Waals surface area contributed by atoms with Gasteiger partial charge in [0, 0.05) is 17.3 Å². The van der Waals surface area contributed by atoms with Crippen LogP contribution in [0.3, 0.4) is 0 Å². The smallest absolute Gasteiger partial charge is 0.227 e. The van der Waals surface area contributed by atoms with Gasteiger partial charge in [0.05, 0.1) is 12.0 Å². The van der Waals surface area contributed by atoms with Gasteiger partial charge in [-0.3, -0.25) is 4.79 Å². The number of anilines is 1. The van der Waals surface area contributed by atoms with E-state index in [0.717, 1.165) is 15.7 Å². The molecule has 1 amide bonds. The van der Waals surface area contributed by atoms with Crippen molar-refractivity contribution in [3.8, 4) is 0 Å². The van der Waals surface area contributed by atoms with Gasteiger partial charge in [-0.25, -0.2) is 0 Å². The lowest BCUT2D eigenvalue weighted by Gasteiger charge is -2.22. The molecule has 1 aromatic carbocycles. The topological polar surface area (TPSA) is 38.3 Å². The van der Waals surface area contributed by atoms with E-state index in [-0.39, 0.29) is 5.91 Å². The summed E-state index contributed by atoms with van der Waals surface area (Å²) in [6.45, 7) is 5.76. The lowest BCUT2D eigenvalue weighted by atomic mass is 10.0. The van der Waals surface area contributed by atoms with Gasteiger partial charge in [0.25, 0.3) is 0 Å². The minimum atomic E-state index is -0.436. The molecule has 0 atom stereocenters. The molecule has 3 nitrogen and oxygen atoms in total. The Hall–Kier alpha value is -0.870. The van der Waals surface area contributed by atoms with Crippen molar-refractivity contribution in [3.63, 3.8) is 0 Å². The molecule has 0 aliphatic carbocycles. The average Bonchev–Trinajstić information content (AvgIpc) is 2.23. The van der Waals surface area contributed by atoms with Crippen LogP contribution >= 0.6 is 15.9 Å². The minimum absolute atomic E-state index is 0.0430. The van der Waals surface area contributed by atoms with Crippen molar-refractivity contribution in [2.24, 2.45) is 0 Å². The standard InChI is InChI=1S/C13H18BrNO2/c1-9-7-10(5-6-11(9)14)15-12(16)8-13(2,3)17-4/h5-7H,8H2,1-4H3,(H,15,16). The van der Waals surface area contributed by atoms with Crippen molar-refractivity contribution in [2.75, 3.05) is 12.4 Å².